The first-order valence-corrected chi connectivity index (χ1v) is 7.14. The molecule has 0 spiro atoms. The lowest BCUT2D eigenvalue weighted by Gasteiger charge is -2.23. The summed E-state index contributed by atoms with van der Waals surface area (Å²) in [6.07, 6.45) is 4.81. The molecule has 1 saturated heterocycles. The maximum atomic E-state index is 14.0. The van der Waals surface area contributed by atoms with Crippen LogP contribution in [0.5, 0.6) is 0 Å². The van der Waals surface area contributed by atoms with E-state index in [0.717, 1.165) is 23.9 Å². The zero-order chi connectivity index (χ0) is 13.4. The van der Waals surface area contributed by atoms with Gasteiger partial charge in [-0.25, -0.2) is 4.39 Å². The van der Waals surface area contributed by atoms with Crippen LogP contribution in [0.1, 0.15) is 30.5 Å². The Hall–Kier alpha value is -1.35. The third kappa shape index (κ3) is 2.16. The van der Waals surface area contributed by atoms with E-state index in [2.05, 4.69) is 12.2 Å². The highest BCUT2D eigenvalue weighted by atomic mass is 19.1. The SMILES string of the molecule is Cc1c(CC2CCCCN2)c2cccc(F)c2n1C. The fourth-order valence-electron chi connectivity index (χ4n) is 3.27. The molecule has 1 aliphatic heterocycles. The quantitative estimate of drug-likeness (QED) is 0.876. The molecule has 0 amide bonds. The fraction of sp³-hybridized carbons (Fsp3) is 0.500. The summed E-state index contributed by atoms with van der Waals surface area (Å²) >= 11 is 0. The van der Waals surface area contributed by atoms with Gasteiger partial charge < -0.3 is 9.88 Å². The summed E-state index contributed by atoms with van der Waals surface area (Å²) in [6, 6.07) is 5.95. The van der Waals surface area contributed by atoms with E-state index in [9.17, 15) is 4.39 Å². The second-order valence-electron chi connectivity index (χ2n) is 5.61. The van der Waals surface area contributed by atoms with Crippen LogP contribution >= 0.6 is 0 Å². The first-order valence-electron chi connectivity index (χ1n) is 7.14. The van der Waals surface area contributed by atoms with E-state index in [4.69, 9.17) is 0 Å². The maximum Gasteiger partial charge on any atom is 0.147 e. The molecule has 0 bridgehead atoms. The Kier molecular flexibility index (Phi) is 3.31. The third-order valence-corrected chi connectivity index (χ3v) is 4.45. The van der Waals surface area contributed by atoms with Gasteiger partial charge in [0.05, 0.1) is 5.52 Å². The first-order chi connectivity index (χ1) is 9.18. The van der Waals surface area contributed by atoms with E-state index in [-0.39, 0.29) is 5.82 Å². The molecule has 1 N–H and O–H groups in total. The third-order valence-electron chi connectivity index (χ3n) is 4.45. The summed E-state index contributed by atoms with van der Waals surface area (Å²) in [5.74, 6) is -0.119. The molecule has 2 nitrogen and oxygen atoms in total. The second kappa shape index (κ2) is 4.97. The van der Waals surface area contributed by atoms with Gasteiger partial charge in [-0.15, -0.1) is 0 Å². The van der Waals surface area contributed by atoms with Crippen LogP contribution in [0.2, 0.25) is 0 Å². The Morgan fingerprint density at radius 3 is 2.95 bits per heavy atom. The van der Waals surface area contributed by atoms with Crippen molar-refractivity contribution in [3.63, 3.8) is 0 Å². The van der Waals surface area contributed by atoms with Crippen LogP contribution in [0.25, 0.3) is 10.9 Å². The zero-order valence-corrected chi connectivity index (χ0v) is 11.7. The van der Waals surface area contributed by atoms with Crippen molar-refractivity contribution >= 4 is 10.9 Å². The van der Waals surface area contributed by atoms with Gasteiger partial charge >= 0.3 is 0 Å². The molecule has 1 unspecified atom stereocenters. The Balaban J connectivity index is 2.03. The topological polar surface area (TPSA) is 17.0 Å². The van der Waals surface area contributed by atoms with E-state index >= 15 is 0 Å². The zero-order valence-electron chi connectivity index (χ0n) is 11.7. The highest BCUT2D eigenvalue weighted by molar-refractivity contribution is 5.86. The number of benzene rings is 1. The van der Waals surface area contributed by atoms with Crippen molar-refractivity contribution in [1.82, 2.24) is 9.88 Å². The molecular formula is C16H21FN2. The van der Waals surface area contributed by atoms with Crippen molar-refractivity contribution in [3.8, 4) is 0 Å². The molecule has 0 saturated carbocycles. The van der Waals surface area contributed by atoms with Gasteiger partial charge in [-0.3, -0.25) is 0 Å². The number of aromatic nitrogens is 1. The van der Waals surface area contributed by atoms with Crippen molar-refractivity contribution < 1.29 is 4.39 Å². The molecule has 2 aromatic rings. The molecule has 1 atom stereocenters. The number of para-hydroxylation sites is 1. The van der Waals surface area contributed by atoms with Gasteiger partial charge in [0.15, 0.2) is 0 Å². The summed E-state index contributed by atoms with van der Waals surface area (Å²) in [4.78, 5) is 0. The minimum absolute atomic E-state index is 0.119. The van der Waals surface area contributed by atoms with Crippen LogP contribution < -0.4 is 5.32 Å². The van der Waals surface area contributed by atoms with Crippen LogP contribution in [0, 0.1) is 12.7 Å². The standard InChI is InChI=1S/C16H21FN2/c1-11-14(10-12-6-3-4-9-18-12)13-7-5-8-15(17)16(13)19(11)2/h5,7-8,12,18H,3-4,6,9-10H2,1-2H3. The van der Waals surface area contributed by atoms with E-state index in [1.165, 1.54) is 30.5 Å². The predicted octanol–water partition coefficient (Wildman–Crippen LogP) is 3.31. The van der Waals surface area contributed by atoms with Gasteiger partial charge in [-0.05, 0) is 44.4 Å². The highest BCUT2D eigenvalue weighted by Crippen LogP contribution is 2.28. The summed E-state index contributed by atoms with van der Waals surface area (Å²) in [5.41, 5.74) is 3.23. The van der Waals surface area contributed by atoms with Crippen molar-refractivity contribution in [1.29, 1.82) is 0 Å². The van der Waals surface area contributed by atoms with Crippen molar-refractivity contribution in [2.75, 3.05) is 6.54 Å². The summed E-state index contributed by atoms with van der Waals surface area (Å²) < 4.78 is 16.0. The van der Waals surface area contributed by atoms with Gasteiger partial charge in [0.25, 0.3) is 0 Å². The van der Waals surface area contributed by atoms with E-state index in [0.29, 0.717) is 6.04 Å². The van der Waals surface area contributed by atoms with Crippen LogP contribution in [0.15, 0.2) is 18.2 Å². The molecule has 3 heteroatoms. The molecular weight excluding hydrogens is 239 g/mol. The van der Waals surface area contributed by atoms with E-state index < -0.39 is 0 Å². The monoisotopic (exact) mass is 260 g/mol. The number of rotatable bonds is 2. The normalized spacial score (nSPS) is 20.1. The Bertz CT molecular complexity index is 594. The van der Waals surface area contributed by atoms with Gasteiger partial charge in [-0.2, -0.15) is 0 Å². The predicted molar refractivity (Wildman–Crippen MR) is 77.0 cm³/mol. The second-order valence-corrected chi connectivity index (χ2v) is 5.61. The van der Waals surface area contributed by atoms with Crippen molar-refractivity contribution in [2.45, 2.75) is 38.6 Å². The number of piperidine rings is 1. The molecule has 102 valence electrons. The molecule has 19 heavy (non-hydrogen) atoms. The molecule has 0 radical (unpaired) electrons. The van der Waals surface area contributed by atoms with Gasteiger partial charge in [0.2, 0.25) is 0 Å². The average molecular weight is 260 g/mol. The number of aryl methyl sites for hydroxylation is 1. The Labute approximate surface area is 113 Å². The lowest BCUT2D eigenvalue weighted by atomic mass is 9.96. The Morgan fingerprint density at radius 2 is 2.21 bits per heavy atom. The molecule has 2 heterocycles. The molecule has 0 aliphatic carbocycles. The minimum atomic E-state index is -0.119. The first kappa shape index (κ1) is 12.7. The Morgan fingerprint density at radius 1 is 1.37 bits per heavy atom. The highest BCUT2D eigenvalue weighted by Gasteiger charge is 2.19. The number of halogens is 1. The van der Waals surface area contributed by atoms with Gasteiger partial charge in [0.1, 0.15) is 5.82 Å². The molecule has 1 aliphatic rings. The van der Waals surface area contributed by atoms with Crippen LogP contribution in [-0.4, -0.2) is 17.2 Å². The molecule has 1 fully saturated rings. The van der Waals surface area contributed by atoms with Crippen molar-refractivity contribution in [3.05, 3.63) is 35.3 Å². The lowest BCUT2D eigenvalue weighted by molar-refractivity contribution is 0.399. The van der Waals surface area contributed by atoms with Crippen LogP contribution in [0.3, 0.4) is 0 Å². The molecule has 3 rings (SSSR count). The lowest BCUT2D eigenvalue weighted by Crippen LogP contribution is -2.35. The smallest absolute Gasteiger partial charge is 0.147 e. The summed E-state index contributed by atoms with van der Waals surface area (Å²) in [6.45, 7) is 3.21. The van der Waals surface area contributed by atoms with Crippen LogP contribution in [0.4, 0.5) is 4.39 Å². The van der Waals surface area contributed by atoms with E-state index in [1.807, 2.05) is 23.7 Å². The minimum Gasteiger partial charge on any atom is -0.345 e. The van der Waals surface area contributed by atoms with Crippen molar-refractivity contribution in [2.24, 2.45) is 7.05 Å². The van der Waals surface area contributed by atoms with Gasteiger partial charge in [-0.1, -0.05) is 18.6 Å². The van der Waals surface area contributed by atoms with Gasteiger partial charge in [0, 0.05) is 24.2 Å². The fourth-order valence-corrected chi connectivity index (χ4v) is 3.27. The van der Waals surface area contributed by atoms with E-state index in [1.54, 1.807) is 6.07 Å². The maximum absolute atomic E-state index is 14.0. The number of nitrogens with zero attached hydrogens (tertiary/aromatic N) is 1. The largest absolute Gasteiger partial charge is 0.345 e. The molecule has 1 aromatic carbocycles. The number of hydrogen-bond donors (Lipinski definition) is 1. The summed E-state index contributed by atoms with van der Waals surface area (Å²) in [5, 5.41) is 4.66. The van der Waals surface area contributed by atoms with Crippen LogP contribution in [-0.2, 0) is 13.5 Å². The number of hydrogen-bond acceptors (Lipinski definition) is 1. The molecule has 1 aromatic heterocycles. The number of nitrogens with one attached hydrogen (secondary N) is 1. The average Bonchev–Trinajstić information content (AvgIpc) is 2.66. The summed E-state index contributed by atoms with van der Waals surface area (Å²) in [7, 11) is 1.96. The number of fused-ring (bicyclic) bond motifs is 1.